The molecule has 2 aromatic rings. The molecule has 4 nitrogen and oxygen atoms in total. The number of benzene rings is 2. The van der Waals surface area contributed by atoms with Gasteiger partial charge in [0.05, 0.1) is 25.6 Å². The van der Waals surface area contributed by atoms with Crippen LogP contribution in [0.1, 0.15) is 5.56 Å². The fourth-order valence-corrected chi connectivity index (χ4v) is 1.86. The van der Waals surface area contributed by atoms with E-state index >= 15 is 0 Å². The van der Waals surface area contributed by atoms with Gasteiger partial charge in [0.15, 0.2) is 0 Å². The molecule has 100 valence electrons. The summed E-state index contributed by atoms with van der Waals surface area (Å²) in [5.41, 5.74) is 8.61. The summed E-state index contributed by atoms with van der Waals surface area (Å²) in [6.07, 6.45) is 0. The molecule has 0 spiro atoms. The van der Waals surface area contributed by atoms with Crippen molar-refractivity contribution in [3.63, 3.8) is 0 Å². The van der Waals surface area contributed by atoms with Crippen molar-refractivity contribution < 1.29 is 9.47 Å². The molecule has 0 amide bonds. The monoisotopic (exact) mass is 258 g/mol. The second kappa shape index (κ2) is 6.00. The molecule has 0 aliphatic rings. The standard InChI is InChI=1S/C15H18N2O2/c1-18-12-6-3-5-11(9-12)10-17-13-7-4-8-14(19-2)15(13)16/h3-9,17H,10,16H2,1-2H3. The van der Waals surface area contributed by atoms with Gasteiger partial charge in [0.1, 0.15) is 11.5 Å². The van der Waals surface area contributed by atoms with Gasteiger partial charge in [0, 0.05) is 6.54 Å². The first-order chi connectivity index (χ1) is 9.24. The van der Waals surface area contributed by atoms with Crippen LogP contribution in [-0.2, 0) is 6.54 Å². The molecule has 0 radical (unpaired) electrons. The van der Waals surface area contributed by atoms with E-state index in [-0.39, 0.29) is 0 Å². The molecule has 0 aliphatic heterocycles. The lowest BCUT2D eigenvalue weighted by Gasteiger charge is -2.12. The van der Waals surface area contributed by atoms with Crippen LogP contribution in [0.25, 0.3) is 0 Å². The Bertz CT molecular complexity index is 556. The van der Waals surface area contributed by atoms with Gasteiger partial charge in [-0.05, 0) is 29.8 Å². The molecule has 2 rings (SSSR count). The number of ether oxygens (including phenoxy) is 2. The van der Waals surface area contributed by atoms with E-state index in [2.05, 4.69) is 5.32 Å². The molecule has 0 atom stereocenters. The maximum atomic E-state index is 6.00. The minimum Gasteiger partial charge on any atom is -0.497 e. The number of nitrogen functional groups attached to an aromatic ring is 1. The van der Waals surface area contributed by atoms with Gasteiger partial charge in [-0.3, -0.25) is 0 Å². The Labute approximate surface area is 113 Å². The second-order valence-corrected chi connectivity index (χ2v) is 4.13. The van der Waals surface area contributed by atoms with Crippen molar-refractivity contribution in [1.82, 2.24) is 0 Å². The molecule has 0 fully saturated rings. The van der Waals surface area contributed by atoms with Crippen LogP contribution in [0.5, 0.6) is 11.5 Å². The maximum absolute atomic E-state index is 6.00. The van der Waals surface area contributed by atoms with Gasteiger partial charge in [-0.1, -0.05) is 18.2 Å². The molecule has 4 heteroatoms. The minimum absolute atomic E-state index is 0.618. The predicted molar refractivity (Wildman–Crippen MR) is 77.7 cm³/mol. The number of rotatable bonds is 5. The van der Waals surface area contributed by atoms with Crippen LogP contribution in [0.4, 0.5) is 11.4 Å². The van der Waals surface area contributed by atoms with E-state index < -0.39 is 0 Å². The number of para-hydroxylation sites is 1. The first kappa shape index (κ1) is 13.1. The lowest BCUT2D eigenvalue weighted by atomic mass is 10.2. The number of anilines is 2. The fourth-order valence-electron chi connectivity index (χ4n) is 1.86. The molecule has 0 bridgehead atoms. The summed E-state index contributed by atoms with van der Waals surface area (Å²) in [5, 5.41) is 3.29. The molecule has 0 saturated carbocycles. The Morgan fingerprint density at radius 2 is 1.84 bits per heavy atom. The van der Waals surface area contributed by atoms with Crippen LogP contribution < -0.4 is 20.5 Å². The van der Waals surface area contributed by atoms with Gasteiger partial charge in [-0.2, -0.15) is 0 Å². The summed E-state index contributed by atoms with van der Waals surface area (Å²) < 4.78 is 10.4. The molecule has 0 saturated heterocycles. The Morgan fingerprint density at radius 3 is 2.58 bits per heavy atom. The summed E-state index contributed by atoms with van der Waals surface area (Å²) in [4.78, 5) is 0. The van der Waals surface area contributed by atoms with E-state index in [0.717, 1.165) is 17.0 Å². The molecule has 2 aromatic carbocycles. The first-order valence-electron chi connectivity index (χ1n) is 6.04. The third-order valence-corrected chi connectivity index (χ3v) is 2.90. The van der Waals surface area contributed by atoms with E-state index in [4.69, 9.17) is 15.2 Å². The summed E-state index contributed by atoms with van der Waals surface area (Å²) in [5.74, 6) is 1.52. The molecule has 0 heterocycles. The third-order valence-electron chi connectivity index (χ3n) is 2.90. The van der Waals surface area contributed by atoms with Gasteiger partial charge in [-0.15, -0.1) is 0 Å². The smallest absolute Gasteiger partial charge is 0.143 e. The largest absolute Gasteiger partial charge is 0.497 e. The van der Waals surface area contributed by atoms with E-state index in [9.17, 15) is 0 Å². The van der Waals surface area contributed by atoms with Crippen molar-refractivity contribution in [1.29, 1.82) is 0 Å². The van der Waals surface area contributed by atoms with Crippen molar-refractivity contribution in [2.45, 2.75) is 6.54 Å². The van der Waals surface area contributed by atoms with Crippen LogP contribution >= 0.6 is 0 Å². The van der Waals surface area contributed by atoms with Crippen LogP contribution in [0.15, 0.2) is 42.5 Å². The van der Waals surface area contributed by atoms with E-state index in [1.54, 1.807) is 14.2 Å². The van der Waals surface area contributed by atoms with Gasteiger partial charge in [0.25, 0.3) is 0 Å². The zero-order chi connectivity index (χ0) is 13.7. The van der Waals surface area contributed by atoms with Crippen molar-refractivity contribution >= 4 is 11.4 Å². The Balaban J connectivity index is 2.10. The Hall–Kier alpha value is -2.36. The van der Waals surface area contributed by atoms with E-state index in [1.165, 1.54) is 0 Å². The maximum Gasteiger partial charge on any atom is 0.143 e. The number of hydrogen-bond donors (Lipinski definition) is 2. The molecule has 3 N–H and O–H groups in total. The number of hydrogen-bond acceptors (Lipinski definition) is 4. The number of methoxy groups -OCH3 is 2. The highest BCUT2D eigenvalue weighted by Gasteiger charge is 2.04. The molecule has 0 aromatic heterocycles. The zero-order valence-corrected chi connectivity index (χ0v) is 11.1. The molecule has 0 aliphatic carbocycles. The summed E-state index contributed by atoms with van der Waals surface area (Å²) >= 11 is 0. The lowest BCUT2D eigenvalue weighted by Crippen LogP contribution is -2.03. The number of nitrogens with two attached hydrogens (primary N) is 1. The topological polar surface area (TPSA) is 56.5 Å². The first-order valence-corrected chi connectivity index (χ1v) is 6.04. The van der Waals surface area contributed by atoms with Gasteiger partial charge < -0.3 is 20.5 Å². The highest BCUT2D eigenvalue weighted by atomic mass is 16.5. The second-order valence-electron chi connectivity index (χ2n) is 4.13. The van der Waals surface area contributed by atoms with Gasteiger partial charge in [0.2, 0.25) is 0 Å². The molecular weight excluding hydrogens is 240 g/mol. The van der Waals surface area contributed by atoms with Crippen LogP contribution in [0.2, 0.25) is 0 Å². The van der Waals surface area contributed by atoms with Crippen molar-refractivity contribution in [3.8, 4) is 11.5 Å². The van der Waals surface area contributed by atoms with Crippen LogP contribution in [0, 0.1) is 0 Å². The Kier molecular flexibility index (Phi) is 4.13. The predicted octanol–water partition coefficient (Wildman–Crippen LogP) is 2.90. The third kappa shape index (κ3) is 3.10. The van der Waals surface area contributed by atoms with Gasteiger partial charge >= 0.3 is 0 Å². The van der Waals surface area contributed by atoms with Crippen molar-refractivity contribution in [2.24, 2.45) is 0 Å². The van der Waals surface area contributed by atoms with Gasteiger partial charge in [-0.25, -0.2) is 0 Å². The van der Waals surface area contributed by atoms with Crippen LogP contribution in [-0.4, -0.2) is 14.2 Å². The Morgan fingerprint density at radius 1 is 1.05 bits per heavy atom. The summed E-state index contributed by atoms with van der Waals surface area (Å²) in [6.45, 7) is 0.675. The van der Waals surface area contributed by atoms with Crippen molar-refractivity contribution in [2.75, 3.05) is 25.3 Å². The SMILES string of the molecule is COc1cccc(CNc2cccc(OC)c2N)c1. The van der Waals surface area contributed by atoms with Crippen molar-refractivity contribution in [3.05, 3.63) is 48.0 Å². The normalized spacial score (nSPS) is 10.0. The van der Waals surface area contributed by atoms with E-state index in [0.29, 0.717) is 18.0 Å². The summed E-state index contributed by atoms with van der Waals surface area (Å²) in [6, 6.07) is 13.6. The molecule has 0 unspecified atom stereocenters. The number of nitrogens with one attached hydrogen (secondary N) is 1. The van der Waals surface area contributed by atoms with Crippen LogP contribution in [0.3, 0.4) is 0 Å². The summed E-state index contributed by atoms with van der Waals surface area (Å²) in [7, 11) is 3.27. The molecular formula is C15H18N2O2. The lowest BCUT2D eigenvalue weighted by molar-refractivity contribution is 0.414. The zero-order valence-electron chi connectivity index (χ0n) is 11.1. The van der Waals surface area contributed by atoms with E-state index in [1.807, 2.05) is 42.5 Å². The average molecular weight is 258 g/mol. The quantitative estimate of drug-likeness (QED) is 0.810. The average Bonchev–Trinajstić information content (AvgIpc) is 2.46. The highest BCUT2D eigenvalue weighted by Crippen LogP contribution is 2.29. The fraction of sp³-hybridized carbons (Fsp3) is 0.200. The highest BCUT2D eigenvalue weighted by molar-refractivity contribution is 5.72. The minimum atomic E-state index is 0.618. The molecule has 19 heavy (non-hydrogen) atoms.